The summed E-state index contributed by atoms with van der Waals surface area (Å²) in [7, 11) is 0. The summed E-state index contributed by atoms with van der Waals surface area (Å²) < 4.78 is 18.6. The molecule has 2 heterocycles. The summed E-state index contributed by atoms with van der Waals surface area (Å²) in [5, 5.41) is 22.4. The lowest BCUT2D eigenvalue weighted by Crippen LogP contribution is -2.37. The second kappa shape index (κ2) is 10.1. The monoisotopic (exact) mass is 503 g/mol. The number of fused-ring (bicyclic) bond motifs is 2. The standard InChI is InChI=1S/C31H37NO5/c1-18(2)37-31(5)14-12-21(13-15-31)17-35-26-11-10-19(3)28-27(26)23(30(33)34)16-24(32-28)29-20(4)22-8-6-7-9-25(22)36-29/h6-11,16,18,21,30,33-34H,12-15,17H2,1-5H3/t21-,31+. The molecular weight excluding hydrogens is 466 g/mol. The van der Waals surface area contributed by atoms with E-state index in [4.69, 9.17) is 18.9 Å². The van der Waals surface area contributed by atoms with Gasteiger partial charge in [-0.15, -0.1) is 0 Å². The maximum atomic E-state index is 10.4. The fourth-order valence-corrected chi connectivity index (χ4v) is 5.68. The largest absolute Gasteiger partial charge is 0.493 e. The molecule has 0 radical (unpaired) electrons. The van der Waals surface area contributed by atoms with Gasteiger partial charge >= 0.3 is 0 Å². The Morgan fingerprint density at radius 3 is 2.49 bits per heavy atom. The number of aryl methyl sites for hydroxylation is 2. The fraction of sp³-hybridized carbons (Fsp3) is 0.452. The third-order valence-corrected chi connectivity index (χ3v) is 7.67. The van der Waals surface area contributed by atoms with Crippen LogP contribution in [0.1, 0.15) is 69.4 Å². The van der Waals surface area contributed by atoms with Crippen molar-refractivity contribution >= 4 is 21.9 Å². The maximum Gasteiger partial charge on any atom is 0.179 e. The fourth-order valence-electron chi connectivity index (χ4n) is 5.68. The first-order valence-electron chi connectivity index (χ1n) is 13.2. The highest BCUT2D eigenvalue weighted by Crippen LogP contribution is 2.40. The number of nitrogens with zero attached hydrogens (tertiary/aromatic N) is 1. The molecule has 196 valence electrons. The number of aromatic nitrogens is 1. The first kappa shape index (κ1) is 25.7. The zero-order chi connectivity index (χ0) is 26.3. The molecule has 0 amide bonds. The SMILES string of the molecule is Cc1c(-c2cc(C(O)O)c3c(OC[C@H]4CC[C@@](C)(OC(C)C)CC4)ccc(C)c3n2)oc2ccccc12. The molecule has 0 unspecified atom stereocenters. The number of ether oxygens (including phenoxy) is 2. The molecule has 4 aromatic rings. The lowest BCUT2D eigenvalue weighted by atomic mass is 9.80. The minimum absolute atomic E-state index is 0.0650. The molecule has 1 aliphatic carbocycles. The Morgan fingerprint density at radius 1 is 1.08 bits per heavy atom. The molecule has 0 bridgehead atoms. The minimum Gasteiger partial charge on any atom is -0.493 e. The van der Waals surface area contributed by atoms with Crippen LogP contribution in [0.25, 0.3) is 33.3 Å². The van der Waals surface area contributed by atoms with Gasteiger partial charge in [-0.1, -0.05) is 24.3 Å². The molecule has 2 aromatic carbocycles. The molecule has 0 spiro atoms. The molecule has 2 aromatic heterocycles. The summed E-state index contributed by atoms with van der Waals surface area (Å²) in [6, 6.07) is 13.4. The number of benzene rings is 2. The topological polar surface area (TPSA) is 85.0 Å². The number of hydrogen-bond donors (Lipinski definition) is 2. The van der Waals surface area contributed by atoms with Gasteiger partial charge < -0.3 is 24.1 Å². The van der Waals surface area contributed by atoms with Gasteiger partial charge in [0, 0.05) is 16.5 Å². The summed E-state index contributed by atoms with van der Waals surface area (Å²) in [4.78, 5) is 4.93. The van der Waals surface area contributed by atoms with Crippen molar-refractivity contribution in [2.24, 2.45) is 5.92 Å². The van der Waals surface area contributed by atoms with E-state index in [-0.39, 0.29) is 11.7 Å². The molecule has 1 saturated carbocycles. The summed E-state index contributed by atoms with van der Waals surface area (Å²) in [5.74, 6) is 1.67. The van der Waals surface area contributed by atoms with Crippen LogP contribution >= 0.6 is 0 Å². The molecule has 0 atom stereocenters. The van der Waals surface area contributed by atoms with Gasteiger partial charge in [0.2, 0.25) is 0 Å². The average molecular weight is 504 g/mol. The van der Waals surface area contributed by atoms with Crippen LogP contribution in [0, 0.1) is 19.8 Å². The van der Waals surface area contributed by atoms with Gasteiger partial charge in [0.05, 0.1) is 29.2 Å². The van der Waals surface area contributed by atoms with Gasteiger partial charge in [-0.3, -0.25) is 0 Å². The number of hydrogen-bond acceptors (Lipinski definition) is 6. The lowest BCUT2D eigenvalue weighted by Gasteiger charge is -2.38. The van der Waals surface area contributed by atoms with Gasteiger partial charge in [0.1, 0.15) is 17.0 Å². The van der Waals surface area contributed by atoms with Crippen LogP contribution in [0.2, 0.25) is 0 Å². The van der Waals surface area contributed by atoms with Crippen molar-refractivity contribution in [2.45, 2.75) is 78.3 Å². The third-order valence-electron chi connectivity index (χ3n) is 7.67. The minimum atomic E-state index is -1.68. The van der Waals surface area contributed by atoms with Gasteiger partial charge in [0.15, 0.2) is 12.1 Å². The van der Waals surface area contributed by atoms with Crippen molar-refractivity contribution < 1.29 is 24.1 Å². The van der Waals surface area contributed by atoms with Gasteiger partial charge in [-0.2, -0.15) is 0 Å². The number of aliphatic hydroxyl groups excluding tert-OH is 1. The molecule has 1 aliphatic rings. The normalized spacial score (nSPS) is 20.4. The van der Waals surface area contributed by atoms with Crippen molar-refractivity contribution in [1.29, 1.82) is 0 Å². The number of para-hydroxylation sites is 1. The van der Waals surface area contributed by atoms with Crippen LogP contribution in [0.15, 0.2) is 46.9 Å². The summed E-state index contributed by atoms with van der Waals surface area (Å²) in [6.45, 7) is 10.9. The number of aliphatic hydroxyl groups is 2. The summed E-state index contributed by atoms with van der Waals surface area (Å²) in [6.07, 6.45) is 2.64. The number of furan rings is 1. The Balaban J connectivity index is 1.46. The third kappa shape index (κ3) is 5.11. The van der Waals surface area contributed by atoms with Gasteiger partial charge in [0.25, 0.3) is 0 Å². The van der Waals surface area contributed by atoms with E-state index in [0.717, 1.165) is 47.8 Å². The first-order valence-corrected chi connectivity index (χ1v) is 13.2. The van der Waals surface area contributed by atoms with Crippen molar-refractivity contribution in [3.05, 3.63) is 59.2 Å². The first-order chi connectivity index (χ1) is 17.6. The molecule has 6 heteroatoms. The van der Waals surface area contributed by atoms with Crippen molar-refractivity contribution in [3.63, 3.8) is 0 Å². The Labute approximate surface area is 218 Å². The second-order valence-corrected chi connectivity index (χ2v) is 11.0. The van der Waals surface area contributed by atoms with E-state index < -0.39 is 6.29 Å². The Hall–Kier alpha value is -2.93. The predicted octanol–water partition coefficient (Wildman–Crippen LogP) is 7.00. The summed E-state index contributed by atoms with van der Waals surface area (Å²) >= 11 is 0. The van der Waals surface area contributed by atoms with Gasteiger partial charge in [-0.05, 0) is 90.0 Å². The zero-order valence-electron chi connectivity index (χ0n) is 22.4. The maximum absolute atomic E-state index is 10.4. The number of pyridine rings is 1. The van der Waals surface area contributed by atoms with Crippen LogP contribution in [-0.2, 0) is 4.74 Å². The van der Waals surface area contributed by atoms with E-state index in [1.807, 2.05) is 50.2 Å². The van der Waals surface area contributed by atoms with Gasteiger partial charge in [-0.25, -0.2) is 4.98 Å². The second-order valence-electron chi connectivity index (χ2n) is 11.0. The van der Waals surface area contributed by atoms with E-state index in [2.05, 4.69) is 20.8 Å². The molecule has 1 fully saturated rings. The van der Waals surface area contributed by atoms with E-state index >= 15 is 0 Å². The van der Waals surface area contributed by atoms with Crippen molar-refractivity contribution in [1.82, 2.24) is 4.98 Å². The average Bonchev–Trinajstić information content (AvgIpc) is 3.20. The zero-order valence-corrected chi connectivity index (χ0v) is 22.4. The van der Waals surface area contributed by atoms with Crippen molar-refractivity contribution in [3.8, 4) is 17.2 Å². The highest BCUT2D eigenvalue weighted by molar-refractivity contribution is 5.94. The predicted molar refractivity (Wildman–Crippen MR) is 146 cm³/mol. The molecule has 5 rings (SSSR count). The molecule has 37 heavy (non-hydrogen) atoms. The van der Waals surface area contributed by atoms with E-state index in [0.29, 0.717) is 46.2 Å². The Kier molecular flexibility index (Phi) is 7.01. The van der Waals surface area contributed by atoms with E-state index in [9.17, 15) is 10.2 Å². The molecule has 2 N–H and O–H groups in total. The molecule has 0 saturated heterocycles. The summed E-state index contributed by atoms with van der Waals surface area (Å²) in [5.41, 5.74) is 4.22. The highest BCUT2D eigenvalue weighted by Gasteiger charge is 2.33. The number of rotatable bonds is 7. The Bertz CT molecular complexity index is 1410. The van der Waals surface area contributed by atoms with Crippen LogP contribution < -0.4 is 4.74 Å². The molecule has 6 nitrogen and oxygen atoms in total. The van der Waals surface area contributed by atoms with Crippen LogP contribution in [0.3, 0.4) is 0 Å². The molecular formula is C31H37NO5. The quantitative estimate of drug-likeness (QED) is 0.264. The van der Waals surface area contributed by atoms with Crippen molar-refractivity contribution in [2.75, 3.05) is 6.61 Å². The lowest BCUT2D eigenvalue weighted by molar-refractivity contribution is -0.0970. The van der Waals surface area contributed by atoms with Crippen LogP contribution in [-0.4, -0.2) is 33.5 Å². The van der Waals surface area contributed by atoms with E-state index in [1.165, 1.54) is 0 Å². The molecule has 0 aliphatic heterocycles. The van der Waals surface area contributed by atoms with Crippen LogP contribution in [0.4, 0.5) is 0 Å². The Morgan fingerprint density at radius 2 is 1.81 bits per heavy atom. The highest BCUT2D eigenvalue weighted by atomic mass is 16.5. The smallest absolute Gasteiger partial charge is 0.179 e. The van der Waals surface area contributed by atoms with E-state index in [1.54, 1.807) is 6.07 Å². The van der Waals surface area contributed by atoms with Crippen LogP contribution in [0.5, 0.6) is 5.75 Å².